The molecule has 138 valence electrons. The molecule has 0 radical (unpaired) electrons. The lowest BCUT2D eigenvalue weighted by molar-refractivity contribution is -0.121. The van der Waals surface area contributed by atoms with Crippen LogP contribution in [0.15, 0.2) is 57.4 Å². The molecule has 1 N–H and O–H groups in total. The monoisotopic (exact) mass is 399 g/mol. The van der Waals surface area contributed by atoms with Gasteiger partial charge in [0.2, 0.25) is 11.8 Å². The van der Waals surface area contributed by atoms with Gasteiger partial charge in [0.05, 0.1) is 22.9 Å². The molecule has 0 saturated heterocycles. The second-order valence-corrected chi connectivity index (χ2v) is 8.22. The number of rotatable bonds is 4. The summed E-state index contributed by atoms with van der Waals surface area (Å²) in [4.78, 5) is 32.2. The van der Waals surface area contributed by atoms with Crippen LogP contribution in [0.25, 0.3) is 0 Å². The Morgan fingerprint density at radius 3 is 2.93 bits per heavy atom. The summed E-state index contributed by atoms with van der Waals surface area (Å²) < 4.78 is 5.51. The summed E-state index contributed by atoms with van der Waals surface area (Å²) >= 11 is 2.95. The smallest absolute Gasteiger partial charge is 0.246 e. The maximum atomic E-state index is 13.0. The maximum absolute atomic E-state index is 13.0. The number of anilines is 2. The van der Waals surface area contributed by atoms with Gasteiger partial charge in [0.15, 0.2) is 5.13 Å². The number of hydrogen-bond donors (Lipinski definition) is 1. The summed E-state index contributed by atoms with van der Waals surface area (Å²) in [7, 11) is 0. The minimum absolute atomic E-state index is 0.0556. The van der Waals surface area contributed by atoms with Gasteiger partial charge in [0.25, 0.3) is 0 Å². The highest BCUT2D eigenvalue weighted by Gasteiger charge is 2.31. The fourth-order valence-electron chi connectivity index (χ4n) is 2.90. The average molecular weight is 399 g/mol. The van der Waals surface area contributed by atoms with Gasteiger partial charge >= 0.3 is 0 Å². The van der Waals surface area contributed by atoms with Crippen LogP contribution >= 0.6 is 23.1 Å². The Labute approximate surface area is 164 Å². The first-order chi connectivity index (χ1) is 13.1. The Hall–Kier alpha value is -2.58. The van der Waals surface area contributed by atoms with E-state index in [0.29, 0.717) is 5.13 Å². The molecule has 1 aliphatic rings. The van der Waals surface area contributed by atoms with Crippen molar-refractivity contribution >= 4 is 45.7 Å². The van der Waals surface area contributed by atoms with Crippen molar-refractivity contribution in [3.63, 3.8) is 0 Å². The lowest BCUT2D eigenvalue weighted by Gasteiger charge is -2.21. The number of para-hydroxylation sites is 1. The normalized spacial score (nSPS) is 16.7. The van der Waals surface area contributed by atoms with Crippen LogP contribution in [0.4, 0.5) is 10.8 Å². The molecule has 0 fully saturated rings. The van der Waals surface area contributed by atoms with E-state index >= 15 is 0 Å². The molecule has 27 heavy (non-hydrogen) atoms. The Morgan fingerprint density at radius 2 is 2.19 bits per heavy atom. The van der Waals surface area contributed by atoms with Gasteiger partial charge in [0, 0.05) is 16.7 Å². The Bertz CT molecular complexity index is 968. The minimum atomic E-state index is -0.269. The van der Waals surface area contributed by atoms with Crippen LogP contribution in [0.3, 0.4) is 0 Å². The van der Waals surface area contributed by atoms with Gasteiger partial charge < -0.3 is 14.6 Å². The van der Waals surface area contributed by atoms with Crippen molar-refractivity contribution in [3.05, 3.63) is 59.5 Å². The molecule has 3 aromatic rings. The fourth-order valence-corrected chi connectivity index (χ4v) is 4.84. The number of benzene rings is 1. The van der Waals surface area contributed by atoms with E-state index < -0.39 is 0 Å². The molecule has 1 atom stereocenters. The third kappa shape index (κ3) is 3.91. The number of thioether (sulfide) groups is 1. The van der Waals surface area contributed by atoms with Gasteiger partial charge in [-0.25, -0.2) is 4.98 Å². The summed E-state index contributed by atoms with van der Waals surface area (Å²) in [6, 6.07) is 11.3. The number of nitrogens with zero attached hydrogens (tertiary/aromatic N) is 2. The summed E-state index contributed by atoms with van der Waals surface area (Å²) in [6.07, 6.45) is 1.87. The fraction of sp³-hybridized carbons (Fsp3) is 0.211. The minimum Gasteiger partial charge on any atom is -0.468 e. The van der Waals surface area contributed by atoms with E-state index in [4.69, 9.17) is 4.42 Å². The lowest BCUT2D eigenvalue weighted by Crippen LogP contribution is -2.38. The molecule has 2 amide bonds. The molecule has 0 bridgehead atoms. The van der Waals surface area contributed by atoms with Gasteiger partial charge in [-0.2, -0.15) is 0 Å². The van der Waals surface area contributed by atoms with Crippen LogP contribution in [0.1, 0.15) is 23.1 Å². The van der Waals surface area contributed by atoms with Gasteiger partial charge in [-0.1, -0.05) is 12.1 Å². The van der Waals surface area contributed by atoms with Crippen molar-refractivity contribution in [2.45, 2.75) is 23.5 Å². The maximum Gasteiger partial charge on any atom is 0.246 e. The summed E-state index contributed by atoms with van der Waals surface area (Å²) in [5, 5.41) is 5.05. The van der Waals surface area contributed by atoms with E-state index in [1.807, 2.05) is 48.7 Å². The molecular weight excluding hydrogens is 382 g/mol. The molecular formula is C19H17N3O3S2. The SMILES string of the molecule is Cc1csc(NC(=O)CN2C(=O)CC(c3ccco3)Sc3ccccc32)n1. The molecule has 3 heterocycles. The Morgan fingerprint density at radius 1 is 1.33 bits per heavy atom. The van der Waals surface area contributed by atoms with E-state index in [2.05, 4.69) is 10.3 Å². The predicted octanol–water partition coefficient (Wildman–Crippen LogP) is 4.25. The quantitative estimate of drug-likeness (QED) is 0.710. The van der Waals surface area contributed by atoms with Crippen molar-refractivity contribution in [3.8, 4) is 0 Å². The molecule has 4 rings (SSSR count). The number of aryl methyl sites for hydroxylation is 1. The van der Waals surface area contributed by atoms with Gasteiger partial charge in [-0.15, -0.1) is 23.1 Å². The first kappa shape index (κ1) is 17.8. The van der Waals surface area contributed by atoms with E-state index in [0.717, 1.165) is 22.0 Å². The van der Waals surface area contributed by atoms with Crippen LogP contribution in [0.2, 0.25) is 0 Å². The number of carbonyl (C=O) groups is 2. The van der Waals surface area contributed by atoms with E-state index in [9.17, 15) is 9.59 Å². The van der Waals surface area contributed by atoms with Crippen LogP contribution in [0, 0.1) is 6.92 Å². The van der Waals surface area contributed by atoms with Crippen molar-refractivity contribution < 1.29 is 14.0 Å². The predicted molar refractivity (Wildman–Crippen MR) is 106 cm³/mol. The highest BCUT2D eigenvalue weighted by atomic mass is 32.2. The van der Waals surface area contributed by atoms with Crippen molar-refractivity contribution in [2.24, 2.45) is 0 Å². The van der Waals surface area contributed by atoms with E-state index in [-0.39, 0.29) is 30.0 Å². The number of furan rings is 1. The zero-order valence-corrected chi connectivity index (χ0v) is 16.2. The third-order valence-corrected chi connectivity index (χ3v) is 6.27. The summed E-state index contributed by atoms with van der Waals surface area (Å²) in [5.41, 5.74) is 1.59. The summed E-state index contributed by atoms with van der Waals surface area (Å²) in [5.74, 6) is 0.376. The van der Waals surface area contributed by atoms with Crippen LogP contribution in [0.5, 0.6) is 0 Å². The number of carbonyl (C=O) groups excluding carboxylic acids is 2. The Balaban J connectivity index is 1.58. The Kier molecular flexibility index (Phi) is 5.00. The molecule has 2 aromatic heterocycles. The number of fused-ring (bicyclic) bond motifs is 1. The molecule has 0 spiro atoms. The van der Waals surface area contributed by atoms with Gasteiger partial charge in [0.1, 0.15) is 12.3 Å². The number of nitrogens with one attached hydrogen (secondary N) is 1. The van der Waals surface area contributed by atoms with Crippen LogP contribution < -0.4 is 10.2 Å². The van der Waals surface area contributed by atoms with E-state index in [1.54, 1.807) is 22.9 Å². The van der Waals surface area contributed by atoms with Crippen molar-refractivity contribution in [2.75, 3.05) is 16.8 Å². The first-order valence-electron chi connectivity index (χ1n) is 8.41. The molecule has 0 saturated carbocycles. The number of hydrogen-bond acceptors (Lipinski definition) is 6. The van der Waals surface area contributed by atoms with Crippen LogP contribution in [-0.4, -0.2) is 23.3 Å². The highest BCUT2D eigenvalue weighted by molar-refractivity contribution is 7.99. The summed E-state index contributed by atoms with van der Waals surface area (Å²) in [6.45, 7) is 1.81. The van der Waals surface area contributed by atoms with Crippen molar-refractivity contribution in [1.29, 1.82) is 0 Å². The molecule has 8 heteroatoms. The number of amides is 2. The largest absolute Gasteiger partial charge is 0.468 e. The number of thiazole rings is 1. The zero-order chi connectivity index (χ0) is 18.8. The topological polar surface area (TPSA) is 75.4 Å². The second kappa shape index (κ2) is 7.58. The molecule has 6 nitrogen and oxygen atoms in total. The number of aromatic nitrogens is 1. The first-order valence-corrected chi connectivity index (χ1v) is 10.2. The average Bonchev–Trinajstić information content (AvgIpc) is 3.29. The second-order valence-electron chi connectivity index (χ2n) is 6.12. The molecule has 1 aromatic carbocycles. The molecule has 1 unspecified atom stereocenters. The lowest BCUT2D eigenvalue weighted by atomic mass is 10.2. The van der Waals surface area contributed by atoms with E-state index in [1.165, 1.54) is 11.3 Å². The highest BCUT2D eigenvalue weighted by Crippen LogP contribution is 2.45. The van der Waals surface area contributed by atoms with Crippen LogP contribution in [-0.2, 0) is 9.59 Å². The van der Waals surface area contributed by atoms with Gasteiger partial charge in [-0.3, -0.25) is 9.59 Å². The van der Waals surface area contributed by atoms with Crippen molar-refractivity contribution in [1.82, 2.24) is 4.98 Å². The molecule has 0 aliphatic carbocycles. The third-order valence-electron chi connectivity index (χ3n) is 4.11. The zero-order valence-electron chi connectivity index (χ0n) is 14.5. The molecule has 1 aliphatic heterocycles. The van der Waals surface area contributed by atoms with Gasteiger partial charge in [-0.05, 0) is 31.2 Å². The standard InChI is InChI=1S/C19H17N3O3S2/c1-12-11-26-19(20-12)21-17(23)10-22-13-5-2-3-7-15(13)27-16(9-18(22)24)14-6-4-8-25-14/h2-8,11,16H,9-10H2,1H3,(H,20,21,23).